The van der Waals surface area contributed by atoms with E-state index >= 15 is 0 Å². The largest absolute Gasteiger partial charge is 0.493 e. The zero-order valence-electron chi connectivity index (χ0n) is 17.3. The summed E-state index contributed by atoms with van der Waals surface area (Å²) in [5, 5.41) is 0.0169. The summed E-state index contributed by atoms with van der Waals surface area (Å²) < 4.78 is 10.6. The number of Topliss-reactive ketones (excluding diaryl/α,β-unsaturated/α-hetero) is 1. The third-order valence-electron chi connectivity index (χ3n) is 4.87. The molecule has 0 aliphatic carbocycles. The van der Waals surface area contributed by atoms with E-state index in [9.17, 15) is 4.79 Å². The number of ketones is 1. The van der Waals surface area contributed by atoms with Gasteiger partial charge in [0.25, 0.3) is 0 Å². The van der Waals surface area contributed by atoms with Crippen molar-refractivity contribution in [1.82, 2.24) is 15.0 Å². The van der Waals surface area contributed by atoms with Crippen LogP contribution in [0.2, 0.25) is 5.15 Å². The van der Waals surface area contributed by atoms with E-state index in [4.69, 9.17) is 26.8 Å². The Kier molecular flexibility index (Phi) is 6.86. The van der Waals surface area contributed by atoms with Crippen molar-refractivity contribution in [3.05, 3.63) is 53.1 Å². The van der Waals surface area contributed by atoms with Gasteiger partial charge in [-0.15, -0.1) is 0 Å². The third-order valence-corrected chi connectivity index (χ3v) is 5.14. The van der Waals surface area contributed by atoms with Gasteiger partial charge in [0.1, 0.15) is 11.0 Å². The first-order valence-corrected chi connectivity index (χ1v) is 9.77. The lowest BCUT2D eigenvalue weighted by molar-refractivity contribution is 0.0913. The molecule has 0 bridgehead atoms. The molecule has 0 radical (unpaired) electrons. The van der Waals surface area contributed by atoms with Gasteiger partial charge in [-0.05, 0) is 12.8 Å². The minimum atomic E-state index is -0.436. The van der Waals surface area contributed by atoms with Gasteiger partial charge in [-0.2, -0.15) is 4.98 Å². The number of rotatable bonds is 8. The van der Waals surface area contributed by atoms with Gasteiger partial charge in [0.2, 0.25) is 5.95 Å². The highest BCUT2D eigenvalue weighted by atomic mass is 35.5. The number of fused-ring (bicyclic) bond motifs is 1. The fourth-order valence-corrected chi connectivity index (χ4v) is 3.71. The molecule has 2 aromatic rings. The Labute approximate surface area is 185 Å². The molecule has 3 rings (SSSR count). The number of nitrogen functional groups attached to an aromatic ring is 1. The van der Waals surface area contributed by atoms with Crippen molar-refractivity contribution in [1.29, 1.82) is 0 Å². The fourth-order valence-electron chi connectivity index (χ4n) is 3.45. The average Bonchev–Trinajstić information content (AvgIpc) is 2.75. The van der Waals surface area contributed by atoms with Crippen LogP contribution in [0, 0.1) is 5.92 Å². The SMILES string of the molecule is C=C/C=C(/CC1CN(Cc2cc(OC)c(OC)cn2)c2nc(N)nc(Cl)c2C1=O)N=C. The summed E-state index contributed by atoms with van der Waals surface area (Å²) in [6, 6.07) is 1.77. The number of hydrogen-bond acceptors (Lipinski definition) is 9. The van der Waals surface area contributed by atoms with Crippen molar-refractivity contribution in [2.75, 3.05) is 31.4 Å². The summed E-state index contributed by atoms with van der Waals surface area (Å²) in [5.41, 5.74) is 7.37. The lowest BCUT2D eigenvalue weighted by atomic mass is 9.89. The molecule has 2 N–H and O–H groups in total. The van der Waals surface area contributed by atoms with E-state index < -0.39 is 5.92 Å². The van der Waals surface area contributed by atoms with Crippen LogP contribution in [0.4, 0.5) is 11.8 Å². The van der Waals surface area contributed by atoms with E-state index in [1.54, 1.807) is 38.6 Å². The summed E-state index contributed by atoms with van der Waals surface area (Å²) in [6.45, 7) is 7.95. The number of allylic oxidation sites excluding steroid dienone is 3. The van der Waals surface area contributed by atoms with Crippen LogP contribution in [-0.4, -0.2) is 48.2 Å². The number of hydrogen-bond donors (Lipinski definition) is 1. The van der Waals surface area contributed by atoms with Gasteiger partial charge >= 0.3 is 0 Å². The van der Waals surface area contributed by atoms with E-state index in [1.807, 2.05) is 4.90 Å². The summed E-state index contributed by atoms with van der Waals surface area (Å²) in [4.78, 5) is 31.8. The van der Waals surface area contributed by atoms with Crippen LogP contribution >= 0.6 is 11.6 Å². The monoisotopic (exact) mass is 442 g/mol. The topological polar surface area (TPSA) is 116 Å². The van der Waals surface area contributed by atoms with Gasteiger partial charge in [0.05, 0.1) is 38.2 Å². The van der Waals surface area contributed by atoms with Crippen LogP contribution in [0.1, 0.15) is 22.5 Å². The normalized spacial score (nSPS) is 16.0. The Hall–Kier alpha value is -3.46. The molecule has 162 valence electrons. The number of anilines is 2. The van der Waals surface area contributed by atoms with E-state index in [-0.39, 0.29) is 22.4 Å². The zero-order valence-corrected chi connectivity index (χ0v) is 18.1. The fraction of sp³-hybridized carbons (Fsp3) is 0.286. The number of aliphatic imine (C=N–C) groups is 1. The summed E-state index contributed by atoms with van der Waals surface area (Å²) in [7, 11) is 3.09. The molecule has 1 atom stereocenters. The van der Waals surface area contributed by atoms with Crippen LogP contribution in [0.5, 0.6) is 11.5 Å². The van der Waals surface area contributed by atoms with E-state index in [1.165, 1.54) is 0 Å². The lowest BCUT2D eigenvalue weighted by Crippen LogP contribution is -2.40. The van der Waals surface area contributed by atoms with Crippen molar-refractivity contribution in [3.8, 4) is 11.5 Å². The molecule has 0 spiro atoms. The maximum Gasteiger partial charge on any atom is 0.223 e. The molecule has 0 saturated heterocycles. The molecule has 0 amide bonds. The maximum absolute atomic E-state index is 13.2. The number of carbonyl (C=O) groups excluding carboxylic acids is 1. The highest BCUT2D eigenvalue weighted by Gasteiger charge is 2.36. The highest BCUT2D eigenvalue weighted by Crippen LogP contribution is 2.36. The van der Waals surface area contributed by atoms with Crippen LogP contribution in [0.3, 0.4) is 0 Å². The van der Waals surface area contributed by atoms with Crippen LogP contribution in [-0.2, 0) is 6.54 Å². The molecule has 10 heteroatoms. The first-order chi connectivity index (χ1) is 14.9. The molecule has 1 aliphatic heterocycles. The minimum absolute atomic E-state index is 0.0136. The number of nitrogens with two attached hydrogens (primary N) is 1. The summed E-state index contributed by atoms with van der Waals surface area (Å²) in [5.74, 6) is 0.814. The zero-order chi connectivity index (χ0) is 22.5. The number of aromatic nitrogens is 3. The minimum Gasteiger partial charge on any atom is -0.493 e. The number of ether oxygens (including phenoxy) is 2. The third kappa shape index (κ3) is 4.66. The van der Waals surface area contributed by atoms with Crippen LogP contribution in [0.15, 0.2) is 41.7 Å². The van der Waals surface area contributed by atoms with Crippen molar-refractivity contribution >= 4 is 35.9 Å². The van der Waals surface area contributed by atoms with Gasteiger partial charge < -0.3 is 20.1 Å². The number of halogens is 1. The molecule has 3 heterocycles. The number of nitrogens with zero attached hydrogens (tertiary/aromatic N) is 5. The maximum atomic E-state index is 13.2. The Morgan fingerprint density at radius 3 is 2.77 bits per heavy atom. The van der Waals surface area contributed by atoms with Crippen molar-refractivity contribution in [2.45, 2.75) is 13.0 Å². The van der Waals surface area contributed by atoms with Gasteiger partial charge in [0.15, 0.2) is 17.3 Å². The molecule has 31 heavy (non-hydrogen) atoms. The lowest BCUT2D eigenvalue weighted by Gasteiger charge is -2.34. The molecule has 0 fully saturated rings. The number of pyridine rings is 1. The molecule has 0 saturated carbocycles. The first-order valence-electron chi connectivity index (χ1n) is 9.39. The first kappa shape index (κ1) is 22.2. The quantitative estimate of drug-likeness (QED) is 0.376. The molecule has 1 aliphatic rings. The molecule has 2 aromatic heterocycles. The molecule has 1 unspecified atom stereocenters. The highest BCUT2D eigenvalue weighted by molar-refractivity contribution is 6.34. The predicted molar refractivity (Wildman–Crippen MR) is 120 cm³/mol. The summed E-state index contributed by atoms with van der Waals surface area (Å²) >= 11 is 6.30. The molecular formula is C21H23ClN6O3. The number of methoxy groups -OCH3 is 2. The smallest absolute Gasteiger partial charge is 0.223 e. The van der Waals surface area contributed by atoms with E-state index in [2.05, 4.69) is 33.2 Å². The Balaban J connectivity index is 2.01. The Morgan fingerprint density at radius 1 is 1.39 bits per heavy atom. The second kappa shape index (κ2) is 9.57. The van der Waals surface area contributed by atoms with E-state index in [0.29, 0.717) is 48.2 Å². The Morgan fingerprint density at radius 2 is 2.13 bits per heavy atom. The van der Waals surface area contributed by atoms with Gasteiger partial charge in [0, 0.05) is 30.6 Å². The molecule has 0 aromatic carbocycles. The standard InChI is InChI=1S/C21H23ClN6O3/c1-5-6-13(24-2)7-12-10-28(11-14-8-15(30-3)16(31-4)9-25-14)20-17(18(12)29)19(22)26-21(23)27-20/h5-6,8-9,12H,1-2,7,10-11H2,3-4H3,(H2,23,26,27)/b13-6-. The van der Waals surface area contributed by atoms with Crippen molar-refractivity contribution in [3.63, 3.8) is 0 Å². The number of carbonyl (C=O) groups is 1. The Bertz CT molecular complexity index is 1060. The second-order valence-corrected chi connectivity index (χ2v) is 7.16. The van der Waals surface area contributed by atoms with Crippen LogP contribution < -0.4 is 20.1 Å². The van der Waals surface area contributed by atoms with E-state index in [0.717, 1.165) is 0 Å². The van der Waals surface area contributed by atoms with Gasteiger partial charge in [-0.25, -0.2) is 4.98 Å². The van der Waals surface area contributed by atoms with Crippen LogP contribution in [0.25, 0.3) is 0 Å². The molecule has 9 nitrogen and oxygen atoms in total. The van der Waals surface area contributed by atoms with Crippen molar-refractivity contribution in [2.24, 2.45) is 10.9 Å². The van der Waals surface area contributed by atoms with Crippen molar-refractivity contribution < 1.29 is 14.3 Å². The average molecular weight is 443 g/mol. The summed E-state index contributed by atoms with van der Waals surface area (Å²) in [6.07, 6.45) is 5.27. The predicted octanol–water partition coefficient (Wildman–Crippen LogP) is 3.10. The van der Waals surface area contributed by atoms with Gasteiger partial charge in [-0.1, -0.05) is 24.3 Å². The molecular weight excluding hydrogens is 420 g/mol. The second-order valence-electron chi connectivity index (χ2n) is 6.80. The van der Waals surface area contributed by atoms with Gasteiger partial charge in [-0.3, -0.25) is 14.8 Å².